The second-order valence-electron chi connectivity index (χ2n) is 12.5. The highest BCUT2D eigenvalue weighted by atomic mass is 32.1. The number of likely N-dealkylation sites (tertiary alicyclic amines) is 1. The number of para-hydroxylation sites is 1. The molecule has 1 amide bonds. The van der Waals surface area contributed by atoms with Crippen LogP contribution in [0.3, 0.4) is 0 Å². The van der Waals surface area contributed by atoms with E-state index in [0.717, 1.165) is 18.4 Å². The second kappa shape index (κ2) is 13.2. The van der Waals surface area contributed by atoms with Crippen LogP contribution >= 0.6 is 11.3 Å². The van der Waals surface area contributed by atoms with E-state index in [1.165, 1.54) is 22.2 Å². The Morgan fingerprint density at radius 2 is 1.89 bits per heavy atom. The van der Waals surface area contributed by atoms with Crippen molar-refractivity contribution >= 4 is 27.5 Å². The van der Waals surface area contributed by atoms with Gasteiger partial charge in [-0.1, -0.05) is 25.1 Å². The average Bonchev–Trinajstić information content (AvgIpc) is 3.85. The molecule has 6 rings (SSSR count). The van der Waals surface area contributed by atoms with E-state index in [2.05, 4.69) is 4.98 Å². The normalized spacial score (nSPS) is 20.6. The Morgan fingerprint density at radius 1 is 1.17 bits per heavy atom. The van der Waals surface area contributed by atoms with Crippen molar-refractivity contribution in [1.29, 1.82) is 0 Å². The van der Waals surface area contributed by atoms with E-state index in [-0.39, 0.29) is 31.1 Å². The van der Waals surface area contributed by atoms with Gasteiger partial charge in [0.1, 0.15) is 28.5 Å². The quantitative estimate of drug-likeness (QED) is 0.254. The van der Waals surface area contributed by atoms with Crippen LogP contribution in [-0.4, -0.2) is 62.4 Å². The summed E-state index contributed by atoms with van der Waals surface area (Å²) in [5, 5.41) is 10.5. The molecule has 1 saturated carbocycles. The van der Waals surface area contributed by atoms with Gasteiger partial charge < -0.3 is 23.9 Å². The molecule has 1 aliphatic carbocycles. The summed E-state index contributed by atoms with van der Waals surface area (Å²) in [6.07, 6.45) is 6.58. The molecule has 4 heterocycles. The number of thiophene rings is 1. The Labute approximate surface area is 271 Å². The van der Waals surface area contributed by atoms with Crippen LogP contribution in [0.5, 0.6) is 5.75 Å². The fourth-order valence-electron chi connectivity index (χ4n) is 6.87. The summed E-state index contributed by atoms with van der Waals surface area (Å²) in [5.74, 6) is 0.747. The van der Waals surface area contributed by atoms with Gasteiger partial charge in [-0.2, -0.15) is 0 Å². The molecule has 0 bridgehead atoms. The van der Waals surface area contributed by atoms with Crippen LogP contribution < -0.4 is 16.0 Å². The molecule has 1 saturated heterocycles. The molecule has 3 aromatic heterocycles. The first-order valence-electron chi connectivity index (χ1n) is 16.1. The molecule has 2 aliphatic rings. The standard InChI is InChI=1S/C34H42N4O7S/c1-5-34(3,32(41)36-17-8-9-18-36)38-30(40)27-21(2)28(29-35-16-19-44-29)46-31(27)37(33(38)42)20-26(24-10-6-7-11-25(24)43-4)45-23-14-12-22(39)13-15-23/h6-7,10-11,16,19,22-23,26,39H,5,8-9,12-15,17-18,20H2,1-4H3/t22-,23+,26-,34?/m0/s1. The SMILES string of the molecule is CCC(C)(C(=O)N1CCCC1)n1c(=O)c2c(C)c(-c3ncco3)sc2n(C[C@H](O[C@H]2CC[C@@H](O)CC2)c2ccccc2OC)c1=O. The Morgan fingerprint density at radius 3 is 2.54 bits per heavy atom. The van der Waals surface area contributed by atoms with Crippen LogP contribution in [0.15, 0.2) is 50.7 Å². The molecule has 11 nitrogen and oxygen atoms in total. The maximum atomic E-state index is 14.8. The van der Waals surface area contributed by atoms with Crippen molar-refractivity contribution in [1.82, 2.24) is 19.0 Å². The van der Waals surface area contributed by atoms with Gasteiger partial charge in [-0.3, -0.25) is 14.2 Å². The maximum Gasteiger partial charge on any atom is 0.333 e. The van der Waals surface area contributed by atoms with E-state index in [0.29, 0.717) is 71.1 Å². The van der Waals surface area contributed by atoms with Crippen LogP contribution in [-0.2, 0) is 21.6 Å². The van der Waals surface area contributed by atoms with Crippen molar-refractivity contribution in [3.8, 4) is 16.5 Å². The zero-order valence-corrected chi connectivity index (χ0v) is 27.7. The van der Waals surface area contributed by atoms with Crippen molar-refractivity contribution in [3.05, 3.63) is 68.7 Å². The lowest BCUT2D eigenvalue weighted by molar-refractivity contribution is -0.139. The molecule has 1 N–H and O–H groups in total. The second-order valence-corrected chi connectivity index (χ2v) is 13.5. The molecule has 2 atom stereocenters. The van der Waals surface area contributed by atoms with Gasteiger partial charge in [0.05, 0.1) is 42.3 Å². The van der Waals surface area contributed by atoms with Crippen molar-refractivity contribution in [2.24, 2.45) is 0 Å². The number of carbonyl (C=O) groups excluding carboxylic acids is 1. The number of hydrogen-bond acceptors (Lipinski definition) is 9. The maximum absolute atomic E-state index is 14.8. The molecule has 0 radical (unpaired) electrons. The molecule has 2 fully saturated rings. The fourth-order valence-corrected chi connectivity index (χ4v) is 8.12. The van der Waals surface area contributed by atoms with E-state index < -0.39 is 22.9 Å². The molecular formula is C34H42N4O7S. The van der Waals surface area contributed by atoms with Crippen molar-refractivity contribution in [3.63, 3.8) is 0 Å². The first-order valence-corrected chi connectivity index (χ1v) is 16.9. The lowest BCUT2D eigenvalue weighted by Gasteiger charge is -2.34. The number of rotatable bonds is 10. The zero-order chi connectivity index (χ0) is 32.6. The Balaban J connectivity index is 1.57. The summed E-state index contributed by atoms with van der Waals surface area (Å²) >= 11 is 1.27. The van der Waals surface area contributed by atoms with Crippen molar-refractivity contribution in [2.45, 2.75) is 96.1 Å². The Bertz CT molecular complexity index is 1810. The smallest absolute Gasteiger partial charge is 0.333 e. The molecule has 1 aliphatic heterocycles. The number of amides is 1. The van der Waals surface area contributed by atoms with Gasteiger partial charge in [-0.05, 0) is 70.4 Å². The number of carbonyl (C=O) groups is 1. The first kappa shape index (κ1) is 32.2. The number of hydrogen-bond donors (Lipinski definition) is 1. The molecule has 246 valence electrons. The average molecular weight is 651 g/mol. The zero-order valence-electron chi connectivity index (χ0n) is 26.9. The number of aromatic nitrogens is 3. The number of ether oxygens (including phenoxy) is 2. The van der Waals surface area contributed by atoms with Crippen molar-refractivity contribution in [2.75, 3.05) is 20.2 Å². The van der Waals surface area contributed by atoms with E-state index in [1.54, 1.807) is 29.7 Å². The summed E-state index contributed by atoms with van der Waals surface area (Å²) < 4.78 is 20.9. The predicted molar refractivity (Wildman–Crippen MR) is 175 cm³/mol. The van der Waals surface area contributed by atoms with E-state index in [1.807, 2.05) is 38.1 Å². The minimum Gasteiger partial charge on any atom is -0.496 e. The van der Waals surface area contributed by atoms with E-state index >= 15 is 0 Å². The lowest BCUT2D eigenvalue weighted by atomic mass is 9.94. The number of methoxy groups -OCH3 is 1. The minimum atomic E-state index is -1.40. The highest BCUT2D eigenvalue weighted by Crippen LogP contribution is 2.38. The number of fused-ring (bicyclic) bond motifs is 1. The van der Waals surface area contributed by atoms with Crippen LogP contribution in [0.25, 0.3) is 21.0 Å². The molecule has 46 heavy (non-hydrogen) atoms. The Hall–Kier alpha value is -3.74. The first-order chi connectivity index (χ1) is 22.2. The summed E-state index contributed by atoms with van der Waals surface area (Å²) in [6, 6.07) is 7.55. The summed E-state index contributed by atoms with van der Waals surface area (Å²) in [7, 11) is 1.60. The van der Waals surface area contributed by atoms with Gasteiger partial charge in [0.15, 0.2) is 0 Å². The van der Waals surface area contributed by atoms with Crippen LogP contribution in [0.4, 0.5) is 0 Å². The highest BCUT2D eigenvalue weighted by Gasteiger charge is 2.42. The predicted octanol–water partition coefficient (Wildman–Crippen LogP) is 5.01. The highest BCUT2D eigenvalue weighted by molar-refractivity contribution is 7.22. The van der Waals surface area contributed by atoms with Gasteiger partial charge >= 0.3 is 5.69 Å². The Kier molecular flexibility index (Phi) is 9.22. The van der Waals surface area contributed by atoms with Gasteiger partial charge in [0, 0.05) is 18.7 Å². The number of aliphatic hydroxyl groups excluding tert-OH is 1. The third-order valence-electron chi connectivity index (χ3n) is 9.71. The van der Waals surface area contributed by atoms with Crippen LogP contribution in [0, 0.1) is 6.92 Å². The summed E-state index contributed by atoms with van der Waals surface area (Å²) in [4.78, 5) is 50.6. The number of aryl methyl sites for hydroxylation is 1. The molecular weight excluding hydrogens is 608 g/mol. The molecule has 12 heteroatoms. The summed E-state index contributed by atoms with van der Waals surface area (Å²) in [6.45, 7) is 6.64. The van der Waals surface area contributed by atoms with Gasteiger partial charge in [-0.15, -0.1) is 11.3 Å². The number of benzene rings is 1. The van der Waals surface area contributed by atoms with Gasteiger partial charge in [0.2, 0.25) is 11.8 Å². The third-order valence-corrected chi connectivity index (χ3v) is 11.0. The molecule has 1 unspecified atom stereocenters. The molecule has 0 spiro atoms. The van der Waals surface area contributed by atoms with E-state index in [4.69, 9.17) is 13.9 Å². The number of nitrogens with zero attached hydrogens (tertiary/aromatic N) is 4. The largest absolute Gasteiger partial charge is 0.496 e. The lowest BCUT2D eigenvalue weighted by Crippen LogP contribution is -2.57. The topological polar surface area (TPSA) is 129 Å². The van der Waals surface area contributed by atoms with Gasteiger partial charge in [-0.25, -0.2) is 14.3 Å². The van der Waals surface area contributed by atoms with Crippen LogP contribution in [0.2, 0.25) is 0 Å². The number of oxazole rings is 1. The van der Waals surface area contributed by atoms with Crippen molar-refractivity contribution < 1.29 is 23.8 Å². The molecule has 4 aromatic rings. The third kappa shape index (κ3) is 5.71. The minimum absolute atomic E-state index is 0.0672. The van der Waals surface area contributed by atoms with Crippen LogP contribution in [0.1, 0.15) is 76.0 Å². The monoisotopic (exact) mass is 650 g/mol. The number of aliphatic hydroxyl groups is 1. The molecule has 1 aromatic carbocycles. The fraction of sp³-hybridized carbons (Fsp3) is 0.529. The van der Waals surface area contributed by atoms with E-state index in [9.17, 15) is 19.5 Å². The summed E-state index contributed by atoms with van der Waals surface area (Å²) in [5.41, 5.74) is -1.07. The van der Waals surface area contributed by atoms with Gasteiger partial charge in [0.25, 0.3) is 5.56 Å².